The molecule has 114 valence electrons. The Balaban J connectivity index is 1.92. The van der Waals surface area contributed by atoms with Crippen LogP contribution in [0.15, 0.2) is 48.5 Å². The number of rotatable bonds is 0. The van der Waals surface area contributed by atoms with E-state index >= 15 is 0 Å². The van der Waals surface area contributed by atoms with Crippen LogP contribution in [0, 0.1) is 11.8 Å². The van der Waals surface area contributed by atoms with Gasteiger partial charge in [-0.25, -0.2) is 0 Å². The fourth-order valence-electron chi connectivity index (χ4n) is 5.30. The number of carbonyl (C=O) groups excluding carboxylic acids is 2. The largest absolute Gasteiger partial charge is 0.285 e. The molecule has 3 nitrogen and oxygen atoms in total. The molecule has 0 spiro atoms. The van der Waals surface area contributed by atoms with Crippen molar-refractivity contribution in [3.63, 3.8) is 0 Å². The van der Waals surface area contributed by atoms with Crippen molar-refractivity contribution in [1.29, 1.82) is 0 Å². The first-order chi connectivity index (χ1) is 11.1. The maximum atomic E-state index is 12.9. The molecule has 2 atom stereocenters. The van der Waals surface area contributed by atoms with Crippen molar-refractivity contribution in [2.24, 2.45) is 11.8 Å². The van der Waals surface area contributed by atoms with Gasteiger partial charge in [0.25, 0.3) is 0 Å². The third kappa shape index (κ3) is 1.25. The zero-order valence-corrected chi connectivity index (χ0v) is 13.1. The summed E-state index contributed by atoms with van der Waals surface area (Å²) in [5.74, 6) is -0.607. The van der Waals surface area contributed by atoms with E-state index in [4.69, 9.17) is 0 Å². The van der Waals surface area contributed by atoms with E-state index in [0.29, 0.717) is 0 Å². The Hall–Kier alpha value is -2.42. The standard InChI is InChI=1S/C20H17NO2/c1-20-13-9-5-3-7-11(13)15(12-8-4-6-10-14(12)20)16-17(20)19(23)21(2)18(16)22/h3-10,15-17H,1-2H3/t15?,16-,17+,20?/m0/s1. The van der Waals surface area contributed by atoms with Crippen molar-refractivity contribution in [2.45, 2.75) is 18.3 Å². The van der Waals surface area contributed by atoms with Crippen molar-refractivity contribution in [2.75, 3.05) is 7.05 Å². The van der Waals surface area contributed by atoms with Crippen LogP contribution >= 0.6 is 0 Å². The Labute approximate surface area is 134 Å². The number of carbonyl (C=O) groups is 2. The maximum absolute atomic E-state index is 12.9. The number of amides is 2. The molecule has 3 aliphatic carbocycles. The van der Waals surface area contributed by atoms with Crippen molar-refractivity contribution in [3.8, 4) is 0 Å². The fraction of sp³-hybridized carbons (Fsp3) is 0.300. The quantitative estimate of drug-likeness (QED) is 0.702. The van der Waals surface area contributed by atoms with Crippen LogP contribution in [0.25, 0.3) is 0 Å². The van der Waals surface area contributed by atoms with Crippen LogP contribution in [0.2, 0.25) is 0 Å². The molecule has 0 aromatic heterocycles. The first kappa shape index (κ1) is 13.1. The molecule has 0 radical (unpaired) electrons. The summed E-state index contributed by atoms with van der Waals surface area (Å²) in [6, 6.07) is 16.6. The SMILES string of the molecule is CN1C(=O)[C@H]2C3c4ccccc4C(C)(c4ccccc43)[C@H]2C1=O. The summed E-state index contributed by atoms with van der Waals surface area (Å²) in [7, 11) is 1.63. The van der Waals surface area contributed by atoms with Gasteiger partial charge in [0.1, 0.15) is 0 Å². The van der Waals surface area contributed by atoms with Gasteiger partial charge in [-0.2, -0.15) is 0 Å². The summed E-state index contributed by atoms with van der Waals surface area (Å²) in [5.41, 5.74) is 4.42. The Morgan fingerprint density at radius 1 is 0.870 bits per heavy atom. The molecule has 4 aliphatic rings. The van der Waals surface area contributed by atoms with Gasteiger partial charge in [0, 0.05) is 18.4 Å². The number of hydrogen-bond acceptors (Lipinski definition) is 2. The van der Waals surface area contributed by atoms with E-state index < -0.39 is 5.41 Å². The van der Waals surface area contributed by atoms with Crippen molar-refractivity contribution in [3.05, 3.63) is 70.8 Å². The third-order valence-corrected chi connectivity index (χ3v) is 6.26. The average molecular weight is 303 g/mol. The summed E-state index contributed by atoms with van der Waals surface area (Å²) >= 11 is 0. The smallest absolute Gasteiger partial charge is 0.234 e. The van der Waals surface area contributed by atoms with E-state index in [1.807, 2.05) is 24.3 Å². The van der Waals surface area contributed by atoms with E-state index in [1.54, 1.807) is 7.05 Å². The lowest BCUT2D eigenvalue weighted by molar-refractivity contribution is -0.138. The van der Waals surface area contributed by atoms with Crippen LogP contribution in [0.5, 0.6) is 0 Å². The average Bonchev–Trinajstić information content (AvgIpc) is 2.81. The first-order valence-electron chi connectivity index (χ1n) is 8.07. The number of hydrogen-bond donors (Lipinski definition) is 0. The molecule has 0 unspecified atom stereocenters. The summed E-state index contributed by atoms with van der Waals surface area (Å²) in [6.45, 7) is 2.14. The number of imide groups is 1. The van der Waals surface area contributed by atoms with Gasteiger partial charge in [0.15, 0.2) is 0 Å². The lowest BCUT2D eigenvalue weighted by Gasteiger charge is -2.52. The molecule has 1 saturated heterocycles. The first-order valence-corrected chi connectivity index (χ1v) is 8.07. The summed E-state index contributed by atoms with van der Waals surface area (Å²) in [4.78, 5) is 27.0. The molecule has 1 fully saturated rings. The minimum atomic E-state index is -0.426. The molecule has 2 amide bonds. The van der Waals surface area contributed by atoms with Gasteiger partial charge in [-0.3, -0.25) is 14.5 Å². The molecule has 1 aliphatic heterocycles. The van der Waals surface area contributed by atoms with Crippen LogP contribution in [-0.2, 0) is 15.0 Å². The van der Waals surface area contributed by atoms with Crippen LogP contribution in [-0.4, -0.2) is 23.8 Å². The van der Waals surface area contributed by atoms with Gasteiger partial charge in [-0.15, -0.1) is 0 Å². The highest BCUT2D eigenvalue weighted by Crippen LogP contribution is 2.63. The van der Waals surface area contributed by atoms with Gasteiger partial charge in [0.05, 0.1) is 11.8 Å². The molecule has 2 aromatic rings. The maximum Gasteiger partial charge on any atom is 0.234 e. The third-order valence-electron chi connectivity index (χ3n) is 6.26. The minimum Gasteiger partial charge on any atom is -0.285 e. The zero-order chi connectivity index (χ0) is 15.9. The highest BCUT2D eigenvalue weighted by molar-refractivity contribution is 6.08. The predicted octanol–water partition coefficient (Wildman–Crippen LogP) is 2.68. The molecule has 0 saturated carbocycles. The highest BCUT2D eigenvalue weighted by Gasteiger charge is 2.65. The zero-order valence-electron chi connectivity index (χ0n) is 13.1. The molecule has 6 rings (SSSR count). The normalized spacial score (nSPS) is 33.5. The Bertz CT molecular complexity index is 837. The molecule has 1 heterocycles. The minimum absolute atomic E-state index is 0.00405. The molecule has 23 heavy (non-hydrogen) atoms. The van der Waals surface area contributed by atoms with Gasteiger partial charge >= 0.3 is 0 Å². The molecule has 2 aromatic carbocycles. The topological polar surface area (TPSA) is 37.4 Å². The van der Waals surface area contributed by atoms with E-state index in [0.717, 1.165) is 0 Å². The van der Waals surface area contributed by atoms with Gasteiger partial charge in [-0.1, -0.05) is 55.5 Å². The van der Waals surface area contributed by atoms with Crippen molar-refractivity contribution in [1.82, 2.24) is 4.90 Å². The summed E-state index contributed by atoms with van der Waals surface area (Å²) in [5, 5.41) is 0. The van der Waals surface area contributed by atoms with E-state index in [2.05, 4.69) is 31.2 Å². The summed E-state index contributed by atoms with van der Waals surface area (Å²) in [6.07, 6.45) is 0. The molecular formula is C20H17NO2. The fourth-order valence-corrected chi connectivity index (χ4v) is 5.30. The highest BCUT2D eigenvalue weighted by atomic mass is 16.2. The van der Waals surface area contributed by atoms with Crippen LogP contribution in [0.3, 0.4) is 0 Å². The molecular weight excluding hydrogens is 286 g/mol. The van der Waals surface area contributed by atoms with Gasteiger partial charge in [0.2, 0.25) is 11.8 Å². The van der Waals surface area contributed by atoms with E-state index in [-0.39, 0.29) is 29.6 Å². The Morgan fingerprint density at radius 3 is 1.96 bits per heavy atom. The number of likely N-dealkylation sites (tertiary alicyclic amines) is 1. The van der Waals surface area contributed by atoms with Crippen LogP contribution in [0.1, 0.15) is 35.1 Å². The number of nitrogens with zero attached hydrogens (tertiary/aromatic N) is 1. The Kier molecular flexibility index (Phi) is 2.22. The monoisotopic (exact) mass is 303 g/mol. The molecule has 0 N–H and O–H groups in total. The summed E-state index contributed by atoms with van der Waals surface area (Å²) < 4.78 is 0. The van der Waals surface area contributed by atoms with Gasteiger partial charge < -0.3 is 0 Å². The van der Waals surface area contributed by atoms with Crippen molar-refractivity contribution < 1.29 is 9.59 Å². The predicted molar refractivity (Wildman–Crippen MR) is 85.9 cm³/mol. The lowest BCUT2D eigenvalue weighted by Crippen LogP contribution is -2.51. The molecule has 2 bridgehead atoms. The second-order valence-corrected chi connectivity index (χ2v) is 7.09. The van der Waals surface area contributed by atoms with E-state index in [1.165, 1.54) is 27.2 Å². The van der Waals surface area contributed by atoms with Crippen LogP contribution < -0.4 is 0 Å². The number of benzene rings is 2. The lowest BCUT2D eigenvalue weighted by atomic mass is 9.48. The second-order valence-electron chi connectivity index (χ2n) is 7.09. The Morgan fingerprint density at radius 2 is 1.39 bits per heavy atom. The van der Waals surface area contributed by atoms with E-state index in [9.17, 15) is 9.59 Å². The second kappa shape index (κ2) is 3.91. The van der Waals surface area contributed by atoms with Crippen LogP contribution in [0.4, 0.5) is 0 Å². The van der Waals surface area contributed by atoms with Crippen molar-refractivity contribution >= 4 is 11.8 Å². The van der Waals surface area contributed by atoms with Gasteiger partial charge in [-0.05, 0) is 22.3 Å². The molecule has 3 heteroatoms.